The zero-order valence-electron chi connectivity index (χ0n) is 24.1. The Morgan fingerprint density at radius 2 is 1.15 bits per heavy atom. The van der Waals surface area contributed by atoms with Gasteiger partial charge in [0.25, 0.3) is 0 Å². The topological polar surface area (TPSA) is 44.5 Å². The Morgan fingerprint density at radius 3 is 2.00 bits per heavy atom. The highest BCUT2D eigenvalue weighted by atomic mass is 79.9. The fourth-order valence-electron chi connectivity index (χ4n) is 6.97. The third-order valence-electron chi connectivity index (χ3n) is 8.91. The van der Waals surface area contributed by atoms with E-state index in [2.05, 4.69) is 171 Å². The van der Waals surface area contributed by atoms with Crippen molar-refractivity contribution in [3.8, 4) is 22.5 Å². The lowest BCUT2D eigenvalue weighted by Gasteiger charge is -2.10. The summed E-state index contributed by atoms with van der Waals surface area (Å²) in [7, 11) is 0. The summed E-state index contributed by atoms with van der Waals surface area (Å²) in [5.74, 6) is 1.77. The highest BCUT2D eigenvalue weighted by Gasteiger charge is 2.21. The van der Waals surface area contributed by atoms with Gasteiger partial charge in [0, 0.05) is 25.9 Å². The second-order valence-corrected chi connectivity index (χ2v) is 13.2. The second-order valence-electron chi connectivity index (χ2n) is 11.5. The van der Waals surface area contributed by atoms with Crippen LogP contribution in [0.5, 0.6) is 0 Å². The van der Waals surface area contributed by atoms with Crippen molar-refractivity contribution in [1.29, 1.82) is 0 Å². The molecule has 0 aliphatic carbocycles. The molecular formula is C38H22Br2N6. The molecule has 0 aliphatic heterocycles. The monoisotopic (exact) mass is 720 g/mol. The number of aromatic nitrogens is 6. The second kappa shape index (κ2) is 9.66. The lowest BCUT2D eigenvalue weighted by Crippen LogP contribution is -1.95. The van der Waals surface area contributed by atoms with E-state index in [4.69, 9.17) is 9.97 Å². The maximum atomic E-state index is 5.13. The van der Waals surface area contributed by atoms with Crippen LogP contribution in [0.2, 0.25) is 0 Å². The van der Waals surface area contributed by atoms with Gasteiger partial charge in [0.05, 0.1) is 38.6 Å². The van der Waals surface area contributed by atoms with Crippen molar-refractivity contribution in [3.05, 3.63) is 142 Å². The van der Waals surface area contributed by atoms with Gasteiger partial charge < -0.3 is 0 Å². The highest BCUT2D eigenvalue weighted by Crippen LogP contribution is 2.37. The minimum Gasteiger partial charge on any atom is -0.278 e. The van der Waals surface area contributed by atoms with Crippen molar-refractivity contribution in [2.45, 2.75) is 0 Å². The molecule has 6 nitrogen and oxygen atoms in total. The largest absolute Gasteiger partial charge is 0.278 e. The summed E-state index contributed by atoms with van der Waals surface area (Å²) in [6, 6.07) is 46.9. The zero-order valence-corrected chi connectivity index (χ0v) is 27.3. The van der Waals surface area contributed by atoms with Crippen LogP contribution in [0, 0.1) is 0 Å². The van der Waals surface area contributed by atoms with Crippen LogP contribution in [0.1, 0.15) is 0 Å². The van der Waals surface area contributed by atoms with Gasteiger partial charge in [-0.15, -0.1) is 0 Å². The fraction of sp³-hybridized carbons (Fsp3) is 0. The molecule has 0 fully saturated rings. The van der Waals surface area contributed by atoms with E-state index in [1.807, 2.05) is 12.1 Å². The van der Waals surface area contributed by atoms with E-state index >= 15 is 0 Å². The Kier molecular flexibility index (Phi) is 5.48. The van der Waals surface area contributed by atoms with Crippen LogP contribution in [-0.4, -0.2) is 27.9 Å². The average Bonchev–Trinajstić information content (AvgIpc) is 3.82. The molecule has 0 atom stereocenters. The first-order valence-corrected chi connectivity index (χ1v) is 16.6. The van der Waals surface area contributed by atoms with Gasteiger partial charge in [0.1, 0.15) is 5.52 Å². The van der Waals surface area contributed by atoms with Gasteiger partial charge in [0.15, 0.2) is 0 Å². The molecule has 0 N–H and O–H groups in total. The molecule has 46 heavy (non-hydrogen) atoms. The number of imidazole rings is 4. The van der Waals surface area contributed by atoms with Crippen LogP contribution in [0.3, 0.4) is 0 Å². The summed E-state index contributed by atoms with van der Waals surface area (Å²) >= 11 is 7.36. The molecule has 0 saturated heterocycles. The summed E-state index contributed by atoms with van der Waals surface area (Å²) in [6.45, 7) is 0. The molecule has 0 radical (unpaired) electrons. The number of fused-ring (bicyclic) bond motifs is 10. The number of nitrogens with zero attached hydrogens (tertiary/aromatic N) is 6. The van der Waals surface area contributed by atoms with Crippen LogP contribution in [0.4, 0.5) is 0 Å². The smallest absolute Gasteiger partial charge is 0.220 e. The van der Waals surface area contributed by atoms with Crippen molar-refractivity contribution in [2.75, 3.05) is 0 Å². The molecule has 0 aliphatic rings. The molecule has 0 spiro atoms. The van der Waals surface area contributed by atoms with E-state index < -0.39 is 0 Å². The Balaban J connectivity index is 1.22. The van der Waals surface area contributed by atoms with Gasteiger partial charge in [-0.25, -0.2) is 9.97 Å². The summed E-state index contributed by atoms with van der Waals surface area (Å²) in [5.41, 5.74) is 12.9. The molecule has 4 aromatic heterocycles. The number of rotatable bonds is 3. The van der Waals surface area contributed by atoms with E-state index in [-0.39, 0.29) is 0 Å². The molecule has 4 heterocycles. The van der Waals surface area contributed by atoms with Crippen LogP contribution >= 0.6 is 31.9 Å². The number of hydrogen-bond donors (Lipinski definition) is 0. The van der Waals surface area contributed by atoms with Crippen LogP contribution < -0.4 is 0 Å². The predicted octanol–water partition coefficient (Wildman–Crippen LogP) is 10.4. The average molecular weight is 722 g/mol. The number of halogens is 2. The SMILES string of the molecule is Brc1ccc2c(c1)nc1n(-c3ccccc3)c3cccc(-c4ccc(-n5c6ccccc6n6c7cccc(Br)c7nc56)cc4)c3n21. The van der Waals surface area contributed by atoms with Crippen molar-refractivity contribution in [3.63, 3.8) is 0 Å². The van der Waals surface area contributed by atoms with Crippen LogP contribution in [0.15, 0.2) is 142 Å². The lowest BCUT2D eigenvalue weighted by molar-refractivity contribution is 1.11. The molecule has 8 heteroatoms. The molecule has 10 aromatic rings. The number of benzene rings is 6. The Hall–Kier alpha value is -5.18. The lowest BCUT2D eigenvalue weighted by atomic mass is 10.0. The number of para-hydroxylation sites is 5. The zero-order chi connectivity index (χ0) is 30.5. The van der Waals surface area contributed by atoms with E-state index in [1.165, 1.54) is 0 Å². The Morgan fingerprint density at radius 1 is 0.478 bits per heavy atom. The standard InChI is InChI=1S/C38H22Br2N6/c39-24-18-21-30-29(22-24)41-37-44(25-8-2-1-3-9-25)34-15-6-10-27(36(34)46(30)37)23-16-19-26(20-17-23)43-31-12-4-5-13-32(31)45-33-14-7-11-28(40)35(33)42-38(43)45/h1-22H. The molecule has 10 rings (SSSR count). The van der Waals surface area contributed by atoms with Crippen LogP contribution in [-0.2, 0) is 0 Å². The molecule has 6 aromatic carbocycles. The van der Waals surface area contributed by atoms with Crippen molar-refractivity contribution < 1.29 is 0 Å². The quantitative estimate of drug-likeness (QED) is 0.182. The van der Waals surface area contributed by atoms with Gasteiger partial charge >= 0.3 is 0 Å². The summed E-state index contributed by atoms with van der Waals surface area (Å²) < 4.78 is 11.0. The fourth-order valence-corrected chi connectivity index (χ4v) is 7.76. The van der Waals surface area contributed by atoms with Gasteiger partial charge in [-0.2, -0.15) is 0 Å². The van der Waals surface area contributed by atoms with E-state index in [9.17, 15) is 0 Å². The molecule has 218 valence electrons. The summed E-state index contributed by atoms with van der Waals surface area (Å²) in [4.78, 5) is 10.2. The van der Waals surface area contributed by atoms with Crippen molar-refractivity contribution in [1.82, 2.24) is 27.9 Å². The molecule has 0 unspecified atom stereocenters. The van der Waals surface area contributed by atoms with Crippen molar-refractivity contribution >= 4 is 87.5 Å². The van der Waals surface area contributed by atoms with Gasteiger partial charge in [-0.05, 0) is 94.3 Å². The highest BCUT2D eigenvalue weighted by molar-refractivity contribution is 9.11. The maximum Gasteiger partial charge on any atom is 0.220 e. The first-order valence-electron chi connectivity index (χ1n) is 15.0. The first-order chi connectivity index (χ1) is 22.7. The minimum atomic E-state index is 0.885. The predicted molar refractivity (Wildman–Crippen MR) is 193 cm³/mol. The maximum absolute atomic E-state index is 5.13. The Bertz CT molecular complexity index is 2820. The van der Waals surface area contributed by atoms with Gasteiger partial charge in [-0.1, -0.05) is 76.6 Å². The molecule has 0 amide bonds. The van der Waals surface area contributed by atoms with Crippen molar-refractivity contribution in [2.24, 2.45) is 0 Å². The van der Waals surface area contributed by atoms with E-state index in [1.54, 1.807) is 0 Å². The molecular weight excluding hydrogens is 700 g/mol. The molecule has 0 saturated carbocycles. The third-order valence-corrected chi connectivity index (χ3v) is 10.0. The summed E-state index contributed by atoms with van der Waals surface area (Å²) in [5, 5.41) is 0. The minimum absolute atomic E-state index is 0.885. The van der Waals surface area contributed by atoms with E-state index in [0.717, 1.165) is 87.1 Å². The van der Waals surface area contributed by atoms with Gasteiger partial charge in [0.2, 0.25) is 11.6 Å². The third kappa shape index (κ3) is 3.56. The summed E-state index contributed by atoms with van der Waals surface area (Å²) in [6.07, 6.45) is 0. The van der Waals surface area contributed by atoms with Crippen LogP contribution in [0.25, 0.3) is 78.2 Å². The van der Waals surface area contributed by atoms with Gasteiger partial charge in [-0.3, -0.25) is 17.9 Å². The normalized spacial score (nSPS) is 12.1. The molecule has 0 bridgehead atoms. The van der Waals surface area contributed by atoms with E-state index in [0.29, 0.717) is 0 Å². The Labute approximate surface area is 279 Å². The number of hydrogen-bond acceptors (Lipinski definition) is 2. The first kappa shape index (κ1) is 26.1.